The van der Waals surface area contributed by atoms with Crippen molar-refractivity contribution in [2.75, 3.05) is 44.8 Å². The second-order valence-corrected chi connectivity index (χ2v) is 11.2. The molecule has 11 nitrogen and oxygen atoms in total. The van der Waals surface area contributed by atoms with Crippen LogP contribution < -0.4 is 15.0 Å². The van der Waals surface area contributed by atoms with E-state index in [0.29, 0.717) is 48.6 Å². The molecule has 1 aliphatic carbocycles. The number of pyridine rings is 1. The Hall–Kier alpha value is -4.09. The predicted octanol–water partition coefficient (Wildman–Crippen LogP) is 3.23. The van der Waals surface area contributed by atoms with E-state index in [9.17, 15) is 9.59 Å². The highest BCUT2D eigenvalue weighted by Crippen LogP contribution is 2.36. The zero-order chi connectivity index (χ0) is 29.1. The quantitative estimate of drug-likeness (QED) is 0.492. The van der Waals surface area contributed by atoms with Crippen molar-refractivity contribution in [1.82, 2.24) is 25.2 Å². The number of rotatable bonds is 5. The number of carbonyl (C=O) groups excluding carboxylic acids is 2. The molecule has 1 saturated heterocycles. The second kappa shape index (κ2) is 12.4. The molecule has 0 radical (unpaired) electrons. The van der Waals surface area contributed by atoms with Crippen LogP contribution in [-0.4, -0.2) is 83.7 Å². The molecule has 0 unspecified atom stereocenters. The number of nitrogens with one attached hydrogen (secondary N) is 1. The summed E-state index contributed by atoms with van der Waals surface area (Å²) in [5.74, 6) is 1.56. The lowest BCUT2D eigenvalue weighted by atomic mass is 9.83. The number of aromatic nitrogens is 3. The second-order valence-electron chi connectivity index (χ2n) is 11.2. The van der Waals surface area contributed by atoms with Crippen LogP contribution in [0.2, 0.25) is 0 Å². The highest BCUT2D eigenvalue weighted by atomic mass is 16.5. The van der Waals surface area contributed by atoms with Gasteiger partial charge in [-0.15, -0.1) is 0 Å². The fraction of sp³-hybridized carbons (Fsp3) is 0.452. The molecule has 3 aromatic rings. The Kier molecular flexibility index (Phi) is 8.29. The van der Waals surface area contributed by atoms with Crippen molar-refractivity contribution < 1.29 is 23.8 Å². The number of hydrogen-bond donors (Lipinski definition) is 1. The maximum absolute atomic E-state index is 13.5. The molecule has 220 valence electrons. The molecule has 6 rings (SSSR count). The van der Waals surface area contributed by atoms with Crippen molar-refractivity contribution in [3.05, 3.63) is 71.3 Å². The van der Waals surface area contributed by atoms with Crippen molar-refractivity contribution >= 4 is 17.8 Å². The highest BCUT2D eigenvalue weighted by molar-refractivity contribution is 5.96. The Morgan fingerprint density at radius 1 is 1.07 bits per heavy atom. The minimum atomic E-state index is -0.335. The lowest BCUT2D eigenvalue weighted by molar-refractivity contribution is -0.123. The van der Waals surface area contributed by atoms with Crippen LogP contribution in [0.5, 0.6) is 11.5 Å². The van der Waals surface area contributed by atoms with Gasteiger partial charge in [-0.25, -0.2) is 9.97 Å². The molecule has 2 fully saturated rings. The van der Waals surface area contributed by atoms with E-state index in [0.717, 1.165) is 29.8 Å². The van der Waals surface area contributed by atoms with Crippen LogP contribution in [0.15, 0.2) is 48.8 Å². The molecular weight excluding hydrogens is 536 g/mol. The van der Waals surface area contributed by atoms with E-state index in [4.69, 9.17) is 24.2 Å². The van der Waals surface area contributed by atoms with Crippen molar-refractivity contribution in [1.29, 1.82) is 0 Å². The van der Waals surface area contributed by atoms with Crippen LogP contribution in [0.3, 0.4) is 0 Å². The van der Waals surface area contributed by atoms with Crippen molar-refractivity contribution in [3.63, 3.8) is 0 Å². The third kappa shape index (κ3) is 6.37. The van der Waals surface area contributed by atoms with Gasteiger partial charge in [-0.1, -0.05) is 18.6 Å². The molecule has 11 heteroatoms. The molecule has 2 atom stereocenters. The van der Waals surface area contributed by atoms with Gasteiger partial charge in [0.2, 0.25) is 11.9 Å². The Morgan fingerprint density at radius 3 is 2.76 bits per heavy atom. The molecule has 1 aromatic carbocycles. The van der Waals surface area contributed by atoms with E-state index in [-0.39, 0.29) is 43.7 Å². The van der Waals surface area contributed by atoms with E-state index in [1.807, 2.05) is 31.2 Å². The molecule has 2 amide bonds. The Balaban J connectivity index is 1.29. The molecule has 2 aromatic heterocycles. The van der Waals surface area contributed by atoms with Gasteiger partial charge >= 0.3 is 0 Å². The largest absolute Gasteiger partial charge is 0.456 e. The monoisotopic (exact) mass is 572 g/mol. The van der Waals surface area contributed by atoms with Crippen molar-refractivity contribution in [2.24, 2.45) is 0 Å². The van der Waals surface area contributed by atoms with Crippen LogP contribution in [0, 0.1) is 6.92 Å². The smallest absolute Gasteiger partial charge is 0.256 e. The molecule has 42 heavy (non-hydrogen) atoms. The van der Waals surface area contributed by atoms with Crippen LogP contribution >= 0.6 is 0 Å². The SMILES string of the molecule is COCCN1CC(=O)N[C@H]2CN(c3nc(C)cc(C4CCC4)n3)C[C@@H]2OCc2cccc(c2)Oc2cncc(c2)C1=O. The number of nitrogens with zero attached hydrogens (tertiary/aromatic N) is 5. The van der Waals surface area contributed by atoms with E-state index in [2.05, 4.69) is 21.3 Å². The number of benzene rings is 1. The number of anilines is 1. The number of amides is 2. The average molecular weight is 573 g/mol. The van der Waals surface area contributed by atoms with Gasteiger partial charge in [-0.05, 0) is 49.6 Å². The van der Waals surface area contributed by atoms with E-state index in [1.165, 1.54) is 17.5 Å². The Morgan fingerprint density at radius 2 is 1.95 bits per heavy atom. The van der Waals surface area contributed by atoms with Gasteiger partial charge in [-0.3, -0.25) is 14.6 Å². The summed E-state index contributed by atoms with van der Waals surface area (Å²) in [6.45, 7) is 3.74. The number of ether oxygens (including phenoxy) is 3. The Bertz CT molecular complexity index is 1450. The van der Waals surface area contributed by atoms with Crippen molar-refractivity contribution in [2.45, 2.75) is 50.9 Å². The minimum absolute atomic E-state index is 0.137. The number of fused-ring (bicyclic) bond motifs is 5. The van der Waals surface area contributed by atoms with Crippen LogP contribution in [0.4, 0.5) is 5.95 Å². The maximum atomic E-state index is 13.5. The first-order valence-corrected chi connectivity index (χ1v) is 14.5. The molecule has 4 bridgehead atoms. The standard InChI is InChI=1S/C31H36N6O5/c1-20-11-26(22-6-4-7-22)35-31(33-20)37-16-27-28(17-37)41-19-21-5-3-8-24(12-21)42-25-13-23(14-32-15-25)30(39)36(9-10-40-2)18-29(38)34-27/h3,5,8,11-15,22,27-28H,4,6-7,9-10,16-19H2,1-2H3,(H,34,38)/t27-,28-/m0/s1. The molecule has 0 spiro atoms. The maximum Gasteiger partial charge on any atom is 0.256 e. The summed E-state index contributed by atoms with van der Waals surface area (Å²) >= 11 is 0. The Labute approximate surface area is 245 Å². The van der Waals surface area contributed by atoms with E-state index >= 15 is 0 Å². The highest BCUT2D eigenvalue weighted by Gasteiger charge is 2.37. The van der Waals surface area contributed by atoms with E-state index in [1.54, 1.807) is 19.4 Å². The number of methoxy groups -OCH3 is 1. The minimum Gasteiger partial charge on any atom is -0.456 e. The summed E-state index contributed by atoms with van der Waals surface area (Å²) in [6.07, 6.45) is 6.25. The number of aryl methyl sites for hydroxylation is 1. The molecule has 3 aliphatic rings. The van der Waals surface area contributed by atoms with Gasteiger partial charge in [-0.2, -0.15) is 0 Å². The average Bonchev–Trinajstić information content (AvgIpc) is 3.35. The number of hydrogen-bond acceptors (Lipinski definition) is 9. The van der Waals surface area contributed by atoms with E-state index < -0.39 is 0 Å². The molecular formula is C31H36N6O5. The van der Waals surface area contributed by atoms with Gasteiger partial charge in [0.25, 0.3) is 5.91 Å². The summed E-state index contributed by atoms with van der Waals surface area (Å²) in [7, 11) is 1.56. The topological polar surface area (TPSA) is 119 Å². The van der Waals surface area contributed by atoms with Gasteiger partial charge in [0.05, 0.1) is 43.7 Å². The van der Waals surface area contributed by atoms with Gasteiger partial charge < -0.3 is 29.3 Å². The molecule has 1 saturated carbocycles. The summed E-state index contributed by atoms with van der Waals surface area (Å²) in [4.78, 5) is 44.3. The normalized spacial score (nSPS) is 21.4. The summed E-state index contributed by atoms with van der Waals surface area (Å²) in [5, 5.41) is 3.14. The summed E-state index contributed by atoms with van der Waals surface area (Å²) in [5.41, 5.74) is 3.26. The lowest BCUT2D eigenvalue weighted by Crippen LogP contribution is -2.49. The molecule has 1 N–H and O–H groups in total. The van der Waals surface area contributed by atoms with Gasteiger partial charge in [0.1, 0.15) is 11.5 Å². The fourth-order valence-electron chi connectivity index (χ4n) is 5.57. The van der Waals surface area contributed by atoms with Crippen LogP contribution in [0.25, 0.3) is 0 Å². The fourth-order valence-corrected chi connectivity index (χ4v) is 5.57. The molecule has 2 aliphatic heterocycles. The number of carbonyl (C=O) groups is 2. The van der Waals surface area contributed by atoms with Gasteiger partial charge in [0, 0.05) is 50.2 Å². The predicted molar refractivity (Wildman–Crippen MR) is 155 cm³/mol. The first-order chi connectivity index (χ1) is 20.4. The third-order valence-electron chi connectivity index (χ3n) is 8.03. The zero-order valence-electron chi connectivity index (χ0n) is 24.0. The van der Waals surface area contributed by atoms with Crippen molar-refractivity contribution in [3.8, 4) is 11.5 Å². The first-order valence-electron chi connectivity index (χ1n) is 14.5. The summed E-state index contributed by atoms with van der Waals surface area (Å²) in [6, 6.07) is 11.0. The van der Waals surface area contributed by atoms with Crippen LogP contribution in [-0.2, 0) is 20.9 Å². The van der Waals surface area contributed by atoms with Crippen LogP contribution in [0.1, 0.15) is 52.5 Å². The lowest BCUT2D eigenvalue weighted by Gasteiger charge is -2.26. The van der Waals surface area contributed by atoms with Gasteiger partial charge in [0.15, 0.2) is 0 Å². The summed E-state index contributed by atoms with van der Waals surface area (Å²) < 4.78 is 17.7. The first kappa shape index (κ1) is 28.0. The third-order valence-corrected chi connectivity index (χ3v) is 8.03. The molecule has 4 heterocycles. The zero-order valence-corrected chi connectivity index (χ0v) is 24.0.